The third kappa shape index (κ3) is 3.79. The molecule has 0 saturated heterocycles. The number of carboxylic acids is 1. The molecule has 0 saturated carbocycles. The van der Waals surface area contributed by atoms with Crippen LogP contribution in [0.1, 0.15) is 23.1 Å². The molecular weight excluding hydrogens is 326 g/mol. The number of carboxylic acid groups (broad SMARTS) is 1. The van der Waals surface area contributed by atoms with Gasteiger partial charge in [-0.05, 0) is 54.2 Å². The third-order valence-corrected chi connectivity index (χ3v) is 3.90. The molecule has 1 N–H and O–H groups in total. The van der Waals surface area contributed by atoms with Gasteiger partial charge in [0, 0.05) is 6.42 Å². The van der Waals surface area contributed by atoms with Crippen LogP contribution in [0.15, 0.2) is 30.3 Å². The number of halogens is 3. The van der Waals surface area contributed by atoms with E-state index < -0.39 is 11.8 Å². The molecule has 0 heterocycles. The highest BCUT2D eigenvalue weighted by atomic mass is 35.5. The van der Waals surface area contributed by atoms with Crippen LogP contribution in [-0.4, -0.2) is 11.1 Å². The van der Waals surface area contributed by atoms with Gasteiger partial charge in [0.05, 0.1) is 5.02 Å². The highest BCUT2D eigenvalue weighted by Gasteiger charge is 2.17. The van der Waals surface area contributed by atoms with Crippen LogP contribution in [-0.2, 0) is 11.2 Å². The number of aliphatic carboxylic acids is 1. The fourth-order valence-corrected chi connectivity index (χ4v) is 2.68. The highest BCUT2D eigenvalue weighted by molar-refractivity contribution is 6.31. The minimum Gasteiger partial charge on any atom is -0.481 e. The lowest BCUT2D eigenvalue weighted by Gasteiger charge is -2.15. The average Bonchev–Trinajstić information content (AvgIpc) is 2.43. The van der Waals surface area contributed by atoms with Crippen LogP contribution in [0, 0.1) is 19.7 Å². The quantitative estimate of drug-likeness (QED) is 0.828. The van der Waals surface area contributed by atoms with Crippen molar-refractivity contribution in [1.29, 1.82) is 0 Å². The number of hydrogen-bond donors (Lipinski definition) is 1. The standard InChI is InChI=1S/C17H16ClFO2.ClH/c1-10-5-3-4-6-12(10)14-9-15(18)17(19)13(11(14)2)7-8-16(20)21;/h3-6,9H,7-8H2,1-2H3,(H,20,21);1H. The number of rotatable bonds is 4. The first-order valence-electron chi connectivity index (χ1n) is 6.67. The molecular formula is C17H17Cl2FO2. The summed E-state index contributed by atoms with van der Waals surface area (Å²) in [6.45, 7) is 3.78. The summed E-state index contributed by atoms with van der Waals surface area (Å²) in [5.41, 5.74) is 4.01. The molecule has 2 aromatic carbocycles. The van der Waals surface area contributed by atoms with Gasteiger partial charge in [0.2, 0.25) is 0 Å². The van der Waals surface area contributed by atoms with Crippen LogP contribution in [0.4, 0.5) is 4.39 Å². The summed E-state index contributed by atoms with van der Waals surface area (Å²) in [5.74, 6) is -1.47. The zero-order valence-corrected chi connectivity index (χ0v) is 13.9. The zero-order chi connectivity index (χ0) is 15.6. The van der Waals surface area contributed by atoms with Crippen molar-refractivity contribution in [2.45, 2.75) is 26.7 Å². The predicted molar refractivity (Wildman–Crippen MR) is 89.5 cm³/mol. The maximum Gasteiger partial charge on any atom is 0.303 e. The van der Waals surface area contributed by atoms with Crippen molar-refractivity contribution in [3.63, 3.8) is 0 Å². The summed E-state index contributed by atoms with van der Waals surface area (Å²) in [4.78, 5) is 10.7. The van der Waals surface area contributed by atoms with Crippen molar-refractivity contribution in [2.75, 3.05) is 0 Å². The van der Waals surface area contributed by atoms with Gasteiger partial charge < -0.3 is 5.11 Å². The molecule has 0 atom stereocenters. The van der Waals surface area contributed by atoms with Crippen molar-refractivity contribution in [3.8, 4) is 11.1 Å². The first-order valence-corrected chi connectivity index (χ1v) is 7.05. The van der Waals surface area contributed by atoms with E-state index in [-0.39, 0.29) is 30.3 Å². The van der Waals surface area contributed by atoms with Gasteiger partial charge in [0.15, 0.2) is 0 Å². The summed E-state index contributed by atoms with van der Waals surface area (Å²) in [5, 5.41) is 8.83. The van der Waals surface area contributed by atoms with E-state index in [1.807, 2.05) is 31.2 Å². The van der Waals surface area contributed by atoms with Crippen LogP contribution in [0.25, 0.3) is 11.1 Å². The van der Waals surface area contributed by atoms with E-state index in [4.69, 9.17) is 16.7 Å². The van der Waals surface area contributed by atoms with E-state index in [0.29, 0.717) is 5.56 Å². The van der Waals surface area contributed by atoms with E-state index in [1.54, 1.807) is 13.0 Å². The number of aryl methyl sites for hydroxylation is 1. The van der Waals surface area contributed by atoms with Gasteiger partial charge in [-0.2, -0.15) is 0 Å². The fraction of sp³-hybridized carbons (Fsp3) is 0.235. The molecule has 0 aromatic heterocycles. The summed E-state index contributed by atoms with van der Waals surface area (Å²) in [6.07, 6.45) is 0.0117. The molecule has 2 nitrogen and oxygen atoms in total. The van der Waals surface area contributed by atoms with Crippen LogP contribution < -0.4 is 0 Å². The van der Waals surface area contributed by atoms with Crippen molar-refractivity contribution in [2.24, 2.45) is 0 Å². The van der Waals surface area contributed by atoms with Crippen molar-refractivity contribution >= 4 is 30.0 Å². The summed E-state index contributed by atoms with van der Waals surface area (Å²) in [6, 6.07) is 9.38. The smallest absolute Gasteiger partial charge is 0.303 e. The van der Waals surface area contributed by atoms with E-state index in [1.165, 1.54) is 0 Å². The van der Waals surface area contributed by atoms with Crippen LogP contribution >= 0.6 is 24.0 Å². The molecule has 0 spiro atoms. The second-order valence-corrected chi connectivity index (χ2v) is 5.44. The first kappa shape index (κ1) is 18.5. The lowest BCUT2D eigenvalue weighted by atomic mass is 9.91. The monoisotopic (exact) mass is 342 g/mol. The van der Waals surface area contributed by atoms with Crippen LogP contribution in [0.2, 0.25) is 5.02 Å². The molecule has 2 rings (SSSR count). The predicted octanol–water partition coefficient (Wildman–Crippen LogP) is 5.20. The van der Waals surface area contributed by atoms with Crippen molar-refractivity contribution < 1.29 is 14.3 Å². The Hall–Kier alpha value is -1.58. The Balaban J connectivity index is 0.00000242. The molecule has 0 aliphatic heterocycles. The van der Waals surface area contributed by atoms with E-state index in [2.05, 4.69) is 0 Å². The van der Waals surface area contributed by atoms with Crippen molar-refractivity contribution in [1.82, 2.24) is 0 Å². The van der Waals surface area contributed by atoms with Gasteiger partial charge in [0.1, 0.15) is 5.82 Å². The minimum absolute atomic E-state index is 0. The summed E-state index contributed by atoms with van der Waals surface area (Å²) in [7, 11) is 0. The third-order valence-electron chi connectivity index (χ3n) is 3.63. The van der Waals surface area contributed by atoms with Gasteiger partial charge in [-0.25, -0.2) is 4.39 Å². The maximum atomic E-state index is 14.2. The summed E-state index contributed by atoms with van der Waals surface area (Å²) >= 11 is 5.99. The Morgan fingerprint density at radius 3 is 2.45 bits per heavy atom. The molecule has 118 valence electrons. The molecule has 0 aliphatic rings. The molecule has 0 fully saturated rings. The second kappa shape index (κ2) is 7.61. The maximum absolute atomic E-state index is 14.2. The van der Waals surface area contributed by atoms with E-state index >= 15 is 0 Å². The molecule has 0 bridgehead atoms. The van der Waals surface area contributed by atoms with Gasteiger partial charge in [-0.3, -0.25) is 4.79 Å². The SMILES string of the molecule is Cc1ccccc1-c1cc(Cl)c(F)c(CCC(=O)O)c1C.Cl. The van der Waals surface area contributed by atoms with Gasteiger partial charge >= 0.3 is 5.97 Å². The topological polar surface area (TPSA) is 37.3 Å². The number of carbonyl (C=O) groups is 1. The van der Waals surface area contributed by atoms with E-state index in [0.717, 1.165) is 22.3 Å². The summed E-state index contributed by atoms with van der Waals surface area (Å²) < 4.78 is 14.2. The first-order chi connectivity index (χ1) is 9.91. The van der Waals surface area contributed by atoms with Gasteiger partial charge in [-0.1, -0.05) is 35.9 Å². The van der Waals surface area contributed by atoms with Crippen molar-refractivity contribution in [3.05, 3.63) is 57.9 Å². The molecule has 0 aliphatic carbocycles. The Morgan fingerprint density at radius 2 is 1.86 bits per heavy atom. The highest BCUT2D eigenvalue weighted by Crippen LogP contribution is 2.34. The van der Waals surface area contributed by atoms with E-state index in [9.17, 15) is 9.18 Å². The second-order valence-electron chi connectivity index (χ2n) is 5.03. The lowest BCUT2D eigenvalue weighted by Crippen LogP contribution is -2.03. The van der Waals surface area contributed by atoms with Crippen LogP contribution in [0.3, 0.4) is 0 Å². The average molecular weight is 343 g/mol. The zero-order valence-electron chi connectivity index (χ0n) is 12.3. The Labute approximate surface area is 140 Å². The molecule has 2 aromatic rings. The molecule has 22 heavy (non-hydrogen) atoms. The normalized spacial score (nSPS) is 10.2. The largest absolute Gasteiger partial charge is 0.481 e. The minimum atomic E-state index is -0.953. The van der Waals surface area contributed by atoms with Gasteiger partial charge in [-0.15, -0.1) is 12.4 Å². The molecule has 5 heteroatoms. The fourth-order valence-electron chi connectivity index (χ4n) is 2.45. The van der Waals surface area contributed by atoms with Gasteiger partial charge in [0.25, 0.3) is 0 Å². The number of benzene rings is 2. The van der Waals surface area contributed by atoms with Crippen LogP contribution in [0.5, 0.6) is 0 Å². The Morgan fingerprint density at radius 1 is 1.23 bits per heavy atom. The number of hydrogen-bond acceptors (Lipinski definition) is 1. The Bertz CT molecular complexity index is 699. The molecule has 0 unspecified atom stereocenters. The molecule has 0 radical (unpaired) electrons. The lowest BCUT2D eigenvalue weighted by molar-refractivity contribution is -0.136. The Kier molecular flexibility index (Phi) is 6.39. The molecule has 0 amide bonds.